The summed E-state index contributed by atoms with van der Waals surface area (Å²) in [6.07, 6.45) is 0. The van der Waals surface area contributed by atoms with Crippen LogP contribution < -0.4 is 5.32 Å². The maximum Gasteiger partial charge on any atom is 0.236 e. The number of aryl methyl sites for hydroxylation is 1. The fourth-order valence-corrected chi connectivity index (χ4v) is 3.18. The van der Waals surface area contributed by atoms with Gasteiger partial charge in [0.15, 0.2) is 11.0 Å². The number of nitrogens with one attached hydrogen (secondary N) is 1. The van der Waals surface area contributed by atoms with E-state index in [0.717, 1.165) is 17.0 Å². The molecule has 1 aromatic carbocycles. The van der Waals surface area contributed by atoms with Gasteiger partial charge in [-0.3, -0.25) is 10.1 Å². The molecule has 0 atom stereocenters. The van der Waals surface area contributed by atoms with Crippen molar-refractivity contribution in [2.24, 2.45) is 7.05 Å². The Morgan fingerprint density at radius 2 is 2.13 bits per heavy atom. The van der Waals surface area contributed by atoms with E-state index in [4.69, 9.17) is 0 Å². The maximum atomic E-state index is 11.9. The number of hydrogen-bond acceptors (Lipinski definition) is 7. The summed E-state index contributed by atoms with van der Waals surface area (Å²) < 4.78 is 1.89. The molecule has 23 heavy (non-hydrogen) atoms. The van der Waals surface area contributed by atoms with Crippen LogP contribution >= 0.6 is 23.1 Å². The molecule has 0 bridgehead atoms. The molecule has 0 saturated carbocycles. The number of thioether (sulfide) groups is 1. The lowest BCUT2D eigenvalue weighted by Crippen LogP contribution is -2.14. The standard InChI is InChI=1S/C14H14N6OS2/c1-9-5-3-4-6-10(9)12-17-19-14(20(12)2)22-7-11(21)16-13-18-15-8-23-13/h3-6,8H,7H2,1-2H3,(H,16,18,21). The van der Waals surface area contributed by atoms with E-state index in [-0.39, 0.29) is 11.7 Å². The van der Waals surface area contributed by atoms with Gasteiger partial charge in [-0.2, -0.15) is 0 Å². The van der Waals surface area contributed by atoms with Gasteiger partial charge >= 0.3 is 0 Å². The molecule has 2 heterocycles. The Bertz CT molecular complexity index is 815. The van der Waals surface area contributed by atoms with Crippen LogP contribution in [0.4, 0.5) is 5.13 Å². The van der Waals surface area contributed by atoms with Crippen molar-refractivity contribution in [1.82, 2.24) is 25.0 Å². The van der Waals surface area contributed by atoms with Gasteiger partial charge in [0.2, 0.25) is 11.0 Å². The molecule has 9 heteroatoms. The highest BCUT2D eigenvalue weighted by Gasteiger charge is 2.14. The lowest BCUT2D eigenvalue weighted by molar-refractivity contribution is -0.113. The molecule has 0 spiro atoms. The van der Waals surface area contributed by atoms with Crippen LogP contribution in [0.25, 0.3) is 11.4 Å². The molecule has 2 aromatic heterocycles. The van der Waals surface area contributed by atoms with E-state index in [1.807, 2.05) is 42.8 Å². The minimum atomic E-state index is -0.146. The largest absolute Gasteiger partial charge is 0.305 e. The first-order valence-electron chi connectivity index (χ1n) is 6.79. The summed E-state index contributed by atoms with van der Waals surface area (Å²) in [6.45, 7) is 2.03. The van der Waals surface area contributed by atoms with Crippen molar-refractivity contribution in [2.45, 2.75) is 12.1 Å². The third kappa shape index (κ3) is 3.57. The Hall–Kier alpha value is -2.26. The second-order valence-electron chi connectivity index (χ2n) is 4.76. The summed E-state index contributed by atoms with van der Waals surface area (Å²) in [5, 5.41) is 19.7. The van der Waals surface area contributed by atoms with Gasteiger partial charge in [0.1, 0.15) is 5.51 Å². The maximum absolute atomic E-state index is 11.9. The fraction of sp³-hybridized carbons (Fsp3) is 0.214. The monoisotopic (exact) mass is 346 g/mol. The molecule has 7 nitrogen and oxygen atoms in total. The van der Waals surface area contributed by atoms with E-state index < -0.39 is 0 Å². The normalized spacial score (nSPS) is 10.7. The van der Waals surface area contributed by atoms with Crippen LogP contribution in [0.1, 0.15) is 5.56 Å². The molecule has 118 valence electrons. The lowest BCUT2D eigenvalue weighted by Gasteiger charge is -2.06. The number of anilines is 1. The molecule has 0 aliphatic heterocycles. The molecule has 0 saturated heterocycles. The number of carbonyl (C=O) groups excluding carboxylic acids is 1. The molecule has 1 N–H and O–H groups in total. The highest BCUT2D eigenvalue weighted by Crippen LogP contribution is 2.25. The zero-order valence-electron chi connectivity index (χ0n) is 12.6. The van der Waals surface area contributed by atoms with Crippen LogP contribution in [-0.2, 0) is 11.8 Å². The molecule has 0 unspecified atom stereocenters. The first-order chi connectivity index (χ1) is 11.1. The Labute approximate surface area is 141 Å². The summed E-state index contributed by atoms with van der Waals surface area (Å²) >= 11 is 2.61. The van der Waals surface area contributed by atoms with E-state index in [0.29, 0.717) is 10.3 Å². The van der Waals surface area contributed by atoms with Gasteiger partial charge in [-0.1, -0.05) is 47.4 Å². The van der Waals surface area contributed by atoms with Crippen molar-refractivity contribution in [2.75, 3.05) is 11.1 Å². The summed E-state index contributed by atoms with van der Waals surface area (Å²) in [6, 6.07) is 8.00. The number of rotatable bonds is 5. The van der Waals surface area contributed by atoms with E-state index in [1.54, 1.807) is 5.51 Å². The van der Waals surface area contributed by atoms with Gasteiger partial charge in [0, 0.05) is 12.6 Å². The van der Waals surface area contributed by atoms with E-state index in [1.165, 1.54) is 23.1 Å². The molecule has 0 aliphatic carbocycles. The van der Waals surface area contributed by atoms with Crippen molar-refractivity contribution < 1.29 is 4.79 Å². The minimum absolute atomic E-state index is 0.146. The molecule has 3 rings (SSSR count). The fourth-order valence-electron chi connectivity index (χ4n) is 2.01. The number of benzene rings is 1. The average molecular weight is 346 g/mol. The molecule has 3 aromatic rings. The van der Waals surface area contributed by atoms with Crippen molar-refractivity contribution >= 4 is 34.1 Å². The van der Waals surface area contributed by atoms with Gasteiger partial charge in [0.05, 0.1) is 5.75 Å². The van der Waals surface area contributed by atoms with Gasteiger partial charge < -0.3 is 4.57 Å². The average Bonchev–Trinajstić information content (AvgIpc) is 3.16. The topological polar surface area (TPSA) is 85.6 Å². The van der Waals surface area contributed by atoms with Crippen molar-refractivity contribution in [3.05, 3.63) is 35.3 Å². The van der Waals surface area contributed by atoms with Crippen molar-refractivity contribution in [3.63, 3.8) is 0 Å². The number of nitrogens with zero attached hydrogens (tertiary/aromatic N) is 5. The van der Waals surface area contributed by atoms with Gasteiger partial charge in [0.25, 0.3) is 0 Å². The summed E-state index contributed by atoms with van der Waals surface area (Å²) in [5.74, 6) is 0.876. The zero-order chi connectivity index (χ0) is 16.2. The van der Waals surface area contributed by atoms with Gasteiger partial charge in [-0.15, -0.1) is 20.4 Å². The van der Waals surface area contributed by atoms with Crippen LogP contribution in [0.3, 0.4) is 0 Å². The first kappa shape index (κ1) is 15.6. The Morgan fingerprint density at radius 1 is 1.30 bits per heavy atom. The first-order valence-corrected chi connectivity index (χ1v) is 8.66. The van der Waals surface area contributed by atoms with Crippen LogP contribution in [0.2, 0.25) is 0 Å². The van der Waals surface area contributed by atoms with Crippen LogP contribution in [0.15, 0.2) is 34.9 Å². The third-order valence-corrected chi connectivity index (χ3v) is 4.79. The van der Waals surface area contributed by atoms with Crippen LogP contribution in [-0.4, -0.2) is 36.6 Å². The summed E-state index contributed by atoms with van der Waals surface area (Å²) in [7, 11) is 1.90. The van der Waals surface area contributed by atoms with E-state index in [2.05, 4.69) is 25.7 Å². The summed E-state index contributed by atoms with van der Waals surface area (Å²) in [5.41, 5.74) is 3.74. The third-order valence-electron chi connectivity index (χ3n) is 3.16. The highest BCUT2D eigenvalue weighted by atomic mass is 32.2. The van der Waals surface area contributed by atoms with Gasteiger partial charge in [-0.05, 0) is 12.5 Å². The van der Waals surface area contributed by atoms with Crippen LogP contribution in [0.5, 0.6) is 0 Å². The molecule has 0 radical (unpaired) electrons. The predicted octanol–water partition coefficient (Wildman–Crippen LogP) is 2.37. The second-order valence-corrected chi connectivity index (χ2v) is 6.54. The highest BCUT2D eigenvalue weighted by molar-refractivity contribution is 7.99. The molecule has 0 fully saturated rings. The molecule has 0 aliphatic rings. The smallest absolute Gasteiger partial charge is 0.236 e. The van der Waals surface area contributed by atoms with Gasteiger partial charge in [-0.25, -0.2) is 0 Å². The molecule has 1 amide bonds. The molecular weight excluding hydrogens is 332 g/mol. The predicted molar refractivity (Wildman–Crippen MR) is 90.4 cm³/mol. The van der Waals surface area contributed by atoms with E-state index >= 15 is 0 Å². The number of amides is 1. The zero-order valence-corrected chi connectivity index (χ0v) is 14.2. The second kappa shape index (κ2) is 6.88. The number of hydrogen-bond donors (Lipinski definition) is 1. The quantitative estimate of drug-likeness (QED) is 0.714. The van der Waals surface area contributed by atoms with Crippen molar-refractivity contribution in [1.29, 1.82) is 0 Å². The number of aromatic nitrogens is 5. The summed E-state index contributed by atoms with van der Waals surface area (Å²) in [4.78, 5) is 11.9. The lowest BCUT2D eigenvalue weighted by atomic mass is 10.1. The van der Waals surface area contributed by atoms with Crippen LogP contribution in [0, 0.1) is 6.92 Å². The minimum Gasteiger partial charge on any atom is -0.305 e. The van der Waals surface area contributed by atoms with E-state index in [9.17, 15) is 4.79 Å². The van der Waals surface area contributed by atoms with Crippen molar-refractivity contribution in [3.8, 4) is 11.4 Å². The molecular formula is C14H14N6OS2. The SMILES string of the molecule is Cc1ccccc1-c1nnc(SCC(=O)Nc2nncs2)n1C. The Morgan fingerprint density at radius 3 is 2.87 bits per heavy atom. The number of carbonyl (C=O) groups is 1. The Kier molecular flexibility index (Phi) is 4.68. The Balaban J connectivity index is 1.68.